The average molecular weight is 235 g/mol. The van der Waals surface area contributed by atoms with Gasteiger partial charge in [-0.15, -0.1) is 0 Å². The minimum Gasteiger partial charge on any atom is -0.394 e. The number of nitrogens with zero attached hydrogens (tertiary/aromatic N) is 2. The SMILES string of the molecule is OCCn1cc(NCc2ccc(F)cc2)cn1. The van der Waals surface area contributed by atoms with Crippen LogP contribution in [0.5, 0.6) is 0 Å². The number of rotatable bonds is 5. The highest BCUT2D eigenvalue weighted by Gasteiger charge is 1.98. The van der Waals surface area contributed by atoms with Gasteiger partial charge in [-0.1, -0.05) is 12.1 Å². The number of anilines is 1. The highest BCUT2D eigenvalue weighted by Crippen LogP contribution is 2.08. The lowest BCUT2D eigenvalue weighted by Crippen LogP contribution is -2.02. The molecule has 17 heavy (non-hydrogen) atoms. The fourth-order valence-electron chi connectivity index (χ4n) is 1.49. The van der Waals surface area contributed by atoms with Crippen LogP contribution in [0.4, 0.5) is 10.1 Å². The van der Waals surface area contributed by atoms with Crippen molar-refractivity contribution in [1.29, 1.82) is 0 Å². The Balaban J connectivity index is 1.90. The summed E-state index contributed by atoms with van der Waals surface area (Å²) in [7, 11) is 0. The van der Waals surface area contributed by atoms with Crippen molar-refractivity contribution in [2.24, 2.45) is 0 Å². The van der Waals surface area contributed by atoms with E-state index < -0.39 is 0 Å². The van der Waals surface area contributed by atoms with Gasteiger partial charge in [-0.05, 0) is 17.7 Å². The van der Waals surface area contributed by atoms with Crippen LogP contribution in [-0.4, -0.2) is 21.5 Å². The Labute approximate surface area is 98.7 Å². The Morgan fingerprint density at radius 2 is 2.06 bits per heavy atom. The van der Waals surface area contributed by atoms with Gasteiger partial charge in [-0.2, -0.15) is 5.10 Å². The molecule has 0 radical (unpaired) electrons. The fourth-order valence-corrected chi connectivity index (χ4v) is 1.49. The highest BCUT2D eigenvalue weighted by molar-refractivity contribution is 5.39. The molecule has 0 saturated carbocycles. The summed E-state index contributed by atoms with van der Waals surface area (Å²) in [5, 5.41) is 16.0. The molecule has 0 aliphatic carbocycles. The smallest absolute Gasteiger partial charge is 0.123 e. The van der Waals surface area contributed by atoms with E-state index in [9.17, 15) is 4.39 Å². The summed E-state index contributed by atoms with van der Waals surface area (Å²) in [5.41, 5.74) is 1.88. The first-order chi connectivity index (χ1) is 8.28. The number of hydrogen-bond donors (Lipinski definition) is 2. The van der Waals surface area contributed by atoms with Gasteiger partial charge in [-0.3, -0.25) is 4.68 Å². The van der Waals surface area contributed by atoms with Crippen LogP contribution >= 0.6 is 0 Å². The molecule has 5 heteroatoms. The first kappa shape index (κ1) is 11.6. The zero-order chi connectivity index (χ0) is 12.1. The van der Waals surface area contributed by atoms with E-state index in [0.717, 1.165) is 11.3 Å². The van der Waals surface area contributed by atoms with Gasteiger partial charge in [0.1, 0.15) is 5.82 Å². The summed E-state index contributed by atoms with van der Waals surface area (Å²) in [5.74, 6) is -0.232. The van der Waals surface area contributed by atoms with Gasteiger partial charge in [0.05, 0.1) is 25.0 Å². The van der Waals surface area contributed by atoms with Crippen molar-refractivity contribution >= 4 is 5.69 Å². The van der Waals surface area contributed by atoms with E-state index in [4.69, 9.17) is 5.11 Å². The molecule has 90 valence electrons. The molecule has 2 aromatic rings. The summed E-state index contributed by atoms with van der Waals surface area (Å²) < 4.78 is 14.3. The number of halogens is 1. The Kier molecular flexibility index (Phi) is 3.72. The summed E-state index contributed by atoms with van der Waals surface area (Å²) in [6.45, 7) is 1.17. The van der Waals surface area contributed by atoms with Gasteiger partial charge in [0, 0.05) is 12.7 Å². The summed E-state index contributed by atoms with van der Waals surface area (Å²) in [4.78, 5) is 0. The van der Waals surface area contributed by atoms with Gasteiger partial charge in [0.15, 0.2) is 0 Å². The largest absolute Gasteiger partial charge is 0.394 e. The molecular formula is C12H14FN3O. The molecule has 0 fully saturated rings. The van der Waals surface area contributed by atoms with E-state index in [1.54, 1.807) is 23.0 Å². The van der Waals surface area contributed by atoms with Gasteiger partial charge < -0.3 is 10.4 Å². The van der Waals surface area contributed by atoms with Gasteiger partial charge in [0.2, 0.25) is 0 Å². The number of nitrogens with one attached hydrogen (secondary N) is 1. The lowest BCUT2D eigenvalue weighted by molar-refractivity contribution is 0.269. The third-order valence-corrected chi connectivity index (χ3v) is 2.37. The number of aromatic nitrogens is 2. The fraction of sp³-hybridized carbons (Fsp3) is 0.250. The van der Waals surface area contributed by atoms with E-state index in [1.807, 2.05) is 6.20 Å². The predicted molar refractivity (Wildman–Crippen MR) is 63.0 cm³/mol. The molecule has 0 aliphatic heterocycles. The molecule has 1 heterocycles. The van der Waals surface area contributed by atoms with Crippen LogP contribution in [0.1, 0.15) is 5.56 Å². The van der Waals surface area contributed by atoms with Crippen LogP contribution in [0.3, 0.4) is 0 Å². The van der Waals surface area contributed by atoms with Crippen molar-refractivity contribution in [2.75, 3.05) is 11.9 Å². The predicted octanol–water partition coefficient (Wildman–Crippen LogP) is 1.63. The van der Waals surface area contributed by atoms with Gasteiger partial charge in [-0.25, -0.2) is 4.39 Å². The molecule has 0 atom stereocenters. The van der Waals surface area contributed by atoms with Crippen molar-refractivity contribution in [3.05, 3.63) is 48.0 Å². The lowest BCUT2D eigenvalue weighted by Gasteiger charge is -2.03. The third kappa shape index (κ3) is 3.29. The second-order valence-corrected chi connectivity index (χ2v) is 3.70. The van der Waals surface area contributed by atoms with Crippen LogP contribution < -0.4 is 5.32 Å². The monoisotopic (exact) mass is 235 g/mol. The molecule has 2 rings (SSSR count). The molecule has 4 nitrogen and oxygen atoms in total. The van der Waals surface area contributed by atoms with E-state index in [0.29, 0.717) is 13.1 Å². The molecule has 0 spiro atoms. The molecule has 0 amide bonds. The quantitative estimate of drug-likeness (QED) is 0.828. The van der Waals surface area contributed by atoms with Crippen LogP contribution in [0, 0.1) is 5.82 Å². The van der Waals surface area contributed by atoms with Crippen molar-refractivity contribution < 1.29 is 9.50 Å². The molecule has 0 aliphatic rings. The second kappa shape index (κ2) is 5.45. The van der Waals surface area contributed by atoms with Crippen molar-refractivity contribution in [2.45, 2.75) is 13.1 Å². The lowest BCUT2D eigenvalue weighted by atomic mass is 10.2. The maximum absolute atomic E-state index is 12.7. The average Bonchev–Trinajstić information content (AvgIpc) is 2.77. The van der Waals surface area contributed by atoms with Crippen LogP contribution in [-0.2, 0) is 13.1 Å². The maximum Gasteiger partial charge on any atom is 0.123 e. The molecule has 0 bridgehead atoms. The van der Waals surface area contributed by atoms with E-state index in [2.05, 4.69) is 10.4 Å². The van der Waals surface area contributed by atoms with Crippen molar-refractivity contribution in [3.8, 4) is 0 Å². The van der Waals surface area contributed by atoms with E-state index in [1.165, 1.54) is 12.1 Å². The first-order valence-electron chi connectivity index (χ1n) is 5.39. The van der Waals surface area contributed by atoms with E-state index in [-0.39, 0.29) is 12.4 Å². The number of hydrogen-bond acceptors (Lipinski definition) is 3. The Morgan fingerprint density at radius 1 is 1.29 bits per heavy atom. The second-order valence-electron chi connectivity index (χ2n) is 3.70. The zero-order valence-electron chi connectivity index (χ0n) is 9.31. The van der Waals surface area contributed by atoms with Crippen molar-refractivity contribution in [1.82, 2.24) is 9.78 Å². The Bertz CT molecular complexity index is 467. The number of aliphatic hydroxyl groups is 1. The van der Waals surface area contributed by atoms with Gasteiger partial charge in [0.25, 0.3) is 0 Å². The molecule has 1 aromatic carbocycles. The van der Waals surface area contributed by atoms with Crippen LogP contribution in [0.25, 0.3) is 0 Å². The minimum atomic E-state index is -0.232. The van der Waals surface area contributed by atoms with Gasteiger partial charge >= 0.3 is 0 Å². The number of benzene rings is 1. The summed E-state index contributed by atoms with van der Waals surface area (Å²) in [6, 6.07) is 6.35. The third-order valence-electron chi connectivity index (χ3n) is 2.37. The molecule has 0 saturated heterocycles. The standard InChI is InChI=1S/C12H14FN3O/c13-11-3-1-10(2-4-11)7-14-12-8-15-16(9-12)5-6-17/h1-4,8-9,14,17H,5-7H2. The summed E-state index contributed by atoms with van der Waals surface area (Å²) in [6.07, 6.45) is 3.51. The Morgan fingerprint density at radius 3 is 2.76 bits per heavy atom. The van der Waals surface area contributed by atoms with E-state index >= 15 is 0 Å². The maximum atomic E-state index is 12.7. The van der Waals surface area contributed by atoms with Crippen LogP contribution in [0.2, 0.25) is 0 Å². The zero-order valence-corrected chi connectivity index (χ0v) is 9.31. The highest BCUT2D eigenvalue weighted by atomic mass is 19.1. The number of aliphatic hydroxyl groups excluding tert-OH is 1. The molecule has 2 N–H and O–H groups in total. The molecule has 0 unspecified atom stereocenters. The molecular weight excluding hydrogens is 221 g/mol. The topological polar surface area (TPSA) is 50.1 Å². The summed E-state index contributed by atoms with van der Waals surface area (Å²) >= 11 is 0. The van der Waals surface area contributed by atoms with Crippen LogP contribution in [0.15, 0.2) is 36.7 Å². The minimum absolute atomic E-state index is 0.0685. The van der Waals surface area contributed by atoms with Crippen molar-refractivity contribution in [3.63, 3.8) is 0 Å². The first-order valence-corrected chi connectivity index (χ1v) is 5.39. The normalized spacial score (nSPS) is 10.5. The molecule has 1 aromatic heterocycles. The Hall–Kier alpha value is -1.88.